The predicted molar refractivity (Wildman–Crippen MR) is 100 cm³/mol. The molecule has 2 fully saturated rings. The first-order valence-corrected chi connectivity index (χ1v) is 10.6. The number of methoxy groups -OCH3 is 1. The molecule has 1 atom stereocenters. The second-order valence-electron chi connectivity index (χ2n) is 6.79. The summed E-state index contributed by atoms with van der Waals surface area (Å²) in [5, 5.41) is 2.92. The monoisotopic (exact) mass is 397 g/mol. The van der Waals surface area contributed by atoms with E-state index >= 15 is 0 Å². The lowest BCUT2D eigenvalue weighted by Crippen LogP contribution is -2.52. The number of morpholine rings is 1. The van der Waals surface area contributed by atoms with E-state index in [1.807, 2.05) is 24.3 Å². The van der Waals surface area contributed by atoms with Gasteiger partial charge in [-0.15, -0.1) is 0 Å². The summed E-state index contributed by atoms with van der Waals surface area (Å²) in [6.45, 7) is 2.64. The van der Waals surface area contributed by atoms with E-state index in [0.717, 1.165) is 11.3 Å². The van der Waals surface area contributed by atoms with Gasteiger partial charge in [-0.25, -0.2) is 0 Å². The van der Waals surface area contributed by atoms with Crippen LogP contribution in [0.4, 0.5) is 0 Å². The Morgan fingerprint density at radius 2 is 2.04 bits per heavy atom. The molecule has 3 rings (SSSR count). The van der Waals surface area contributed by atoms with Crippen LogP contribution in [0.25, 0.3) is 0 Å². The number of piperidine rings is 1. The standard InChI is InChI=1S/C18H27N3O5S/c1-25-17-6-2-4-15(12-17)13-19-18(22)16-5-3-7-21(14-16)27(23,24)20-8-10-26-11-9-20/h2,4,6,12,16H,3,5,7-11,13-14H2,1H3,(H,19,22)/t16-/m0/s1. The van der Waals surface area contributed by atoms with Crippen LogP contribution in [0.1, 0.15) is 18.4 Å². The number of ether oxygens (including phenoxy) is 2. The predicted octanol–water partition coefficient (Wildman–Crippen LogP) is 0.600. The number of carbonyl (C=O) groups is 1. The molecular weight excluding hydrogens is 370 g/mol. The van der Waals surface area contributed by atoms with Crippen LogP contribution in [-0.2, 0) is 26.3 Å². The number of amides is 1. The van der Waals surface area contributed by atoms with Crippen LogP contribution in [0, 0.1) is 5.92 Å². The summed E-state index contributed by atoms with van der Waals surface area (Å²) in [6.07, 6.45) is 1.37. The van der Waals surface area contributed by atoms with E-state index in [4.69, 9.17) is 9.47 Å². The molecule has 0 bridgehead atoms. The van der Waals surface area contributed by atoms with E-state index < -0.39 is 10.2 Å². The van der Waals surface area contributed by atoms with Gasteiger partial charge in [0.25, 0.3) is 10.2 Å². The van der Waals surface area contributed by atoms with Crippen molar-refractivity contribution in [3.63, 3.8) is 0 Å². The largest absolute Gasteiger partial charge is 0.497 e. The molecule has 0 spiro atoms. The van der Waals surface area contributed by atoms with E-state index in [1.165, 1.54) is 8.61 Å². The Bertz CT molecular complexity index is 749. The van der Waals surface area contributed by atoms with Gasteiger partial charge in [0.05, 0.1) is 26.2 Å². The molecule has 1 aromatic rings. The van der Waals surface area contributed by atoms with E-state index in [1.54, 1.807) is 7.11 Å². The van der Waals surface area contributed by atoms with Gasteiger partial charge in [-0.1, -0.05) is 12.1 Å². The SMILES string of the molecule is COc1cccc(CNC(=O)[C@H]2CCCN(S(=O)(=O)N3CCOCC3)C2)c1. The summed E-state index contributed by atoms with van der Waals surface area (Å²) in [6, 6.07) is 7.51. The minimum absolute atomic E-state index is 0.111. The topological polar surface area (TPSA) is 88.2 Å². The minimum Gasteiger partial charge on any atom is -0.497 e. The van der Waals surface area contributed by atoms with Gasteiger partial charge in [-0.2, -0.15) is 17.0 Å². The molecule has 1 N–H and O–H groups in total. The van der Waals surface area contributed by atoms with Crippen molar-refractivity contribution in [1.82, 2.24) is 13.9 Å². The number of carbonyl (C=O) groups excluding carboxylic acids is 1. The van der Waals surface area contributed by atoms with Crippen molar-refractivity contribution in [2.75, 3.05) is 46.5 Å². The van der Waals surface area contributed by atoms with Gasteiger partial charge in [0.1, 0.15) is 5.75 Å². The van der Waals surface area contributed by atoms with Crippen LogP contribution in [0.15, 0.2) is 24.3 Å². The van der Waals surface area contributed by atoms with Crippen molar-refractivity contribution in [2.45, 2.75) is 19.4 Å². The van der Waals surface area contributed by atoms with E-state index in [0.29, 0.717) is 52.2 Å². The molecule has 0 aromatic heterocycles. The highest BCUT2D eigenvalue weighted by molar-refractivity contribution is 7.86. The summed E-state index contributed by atoms with van der Waals surface area (Å²) in [7, 11) is -1.94. The highest BCUT2D eigenvalue weighted by atomic mass is 32.2. The van der Waals surface area contributed by atoms with Crippen LogP contribution < -0.4 is 10.1 Å². The first kappa shape index (κ1) is 20.1. The van der Waals surface area contributed by atoms with Crippen molar-refractivity contribution in [1.29, 1.82) is 0 Å². The fourth-order valence-electron chi connectivity index (χ4n) is 3.42. The van der Waals surface area contributed by atoms with E-state index in [-0.39, 0.29) is 18.4 Å². The van der Waals surface area contributed by atoms with Gasteiger partial charge in [0, 0.05) is 32.7 Å². The highest BCUT2D eigenvalue weighted by Gasteiger charge is 2.36. The van der Waals surface area contributed by atoms with Crippen molar-refractivity contribution in [3.05, 3.63) is 29.8 Å². The summed E-state index contributed by atoms with van der Waals surface area (Å²) < 4.78 is 38.9. The quantitative estimate of drug-likeness (QED) is 0.760. The third-order valence-electron chi connectivity index (χ3n) is 4.98. The minimum atomic E-state index is -3.54. The Morgan fingerprint density at radius 3 is 2.78 bits per heavy atom. The highest BCUT2D eigenvalue weighted by Crippen LogP contribution is 2.22. The molecule has 2 aliphatic heterocycles. The van der Waals surface area contributed by atoms with Crippen molar-refractivity contribution in [3.8, 4) is 5.75 Å². The van der Waals surface area contributed by atoms with E-state index in [2.05, 4.69) is 5.32 Å². The molecular formula is C18H27N3O5S. The Hall–Kier alpha value is -1.68. The Balaban J connectivity index is 1.57. The third-order valence-corrected chi connectivity index (χ3v) is 6.98. The normalized spacial score (nSPS) is 22.3. The number of nitrogens with zero attached hydrogens (tertiary/aromatic N) is 2. The lowest BCUT2D eigenvalue weighted by atomic mass is 9.99. The molecule has 1 amide bonds. The molecule has 2 heterocycles. The van der Waals surface area contributed by atoms with Gasteiger partial charge in [0.15, 0.2) is 0 Å². The van der Waals surface area contributed by atoms with Crippen LogP contribution in [0.2, 0.25) is 0 Å². The second-order valence-corrected chi connectivity index (χ2v) is 8.71. The number of nitrogens with one attached hydrogen (secondary N) is 1. The lowest BCUT2D eigenvalue weighted by molar-refractivity contribution is -0.126. The molecule has 8 nitrogen and oxygen atoms in total. The fraction of sp³-hybridized carbons (Fsp3) is 0.611. The van der Waals surface area contributed by atoms with Crippen LogP contribution in [-0.4, -0.2) is 69.4 Å². The number of benzene rings is 1. The van der Waals surface area contributed by atoms with Crippen molar-refractivity contribution < 1.29 is 22.7 Å². The molecule has 0 radical (unpaired) electrons. The molecule has 0 saturated carbocycles. The van der Waals surface area contributed by atoms with Crippen molar-refractivity contribution in [2.24, 2.45) is 5.92 Å². The fourth-order valence-corrected chi connectivity index (χ4v) is 5.09. The molecule has 9 heteroatoms. The smallest absolute Gasteiger partial charge is 0.282 e. The number of rotatable bonds is 6. The van der Waals surface area contributed by atoms with Crippen LogP contribution in [0.3, 0.4) is 0 Å². The van der Waals surface area contributed by atoms with Gasteiger partial charge >= 0.3 is 0 Å². The third kappa shape index (κ3) is 4.98. The van der Waals surface area contributed by atoms with Crippen molar-refractivity contribution >= 4 is 16.1 Å². The van der Waals surface area contributed by atoms with Gasteiger partial charge in [-0.3, -0.25) is 4.79 Å². The van der Waals surface area contributed by atoms with Crippen LogP contribution in [0.5, 0.6) is 5.75 Å². The van der Waals surface area contributed by atoms with E-state index in [9.17, 15) is 13.2 Å². The molecule has 27 heavy (non-hydrogen) atoms. The average Bonchev–Trinajstić information content (AvgIpc) is 2.73. The summed E-state index contributed by atoms with van der Waals surface area (Å²) in [4.78, 5) is 12.6. The number of hydrogen-bond donors (Lipinski definition) is 1. The first-order chi connectivity index (χ1) is 13.0. The lowest BCUT2D eigenvalue weighted by Gasteiger charge is -2.36. The summed E-state index contributed by atoms with van der Waals surface area (Å²) >= 11 is 0. The number of hydrogen-bond acceptors (Lipinski definition) is 5. The zero-order valence-corrected chi connectivity index (χ0v) is 16.4. The zero-order chi connectivity index (χ0) is 19.3. The molecule has 0 unspecified atom stereocenters. The molecule has 2 aliphatic rings. The molecule has 2 saturated heterocycles. The maximum atomic E-state index is 12.8. The summed E-state index contributed by atoms with van der Waals surface area (Å²) in [5.41, 5.74) is 0.941. The van der Waals surface area contributed by atoms with Gasteiger partial charge in [0.2, 0.25) is 5.91 Å². The second kappa shape index (κ2) is 9.01. The zero-order valence-electron chi connectivity index (χ0n) is 15.6. The Kier molecular flexibility index (Phi) is 6.69. The first-order valence-electron chi connectivity index (χ1n) is 9.24. The maximum Gasteiger partial charge on any atom is 0.282 e. The van der Waals surface area contributed by atoms with Gasteiger partial charge < -0.3 is 14.8 Å². The van der Waals surface area contributed by atoms with Crippen LogP contribution >= 0.6 is 0 Å². The summed E-state index contributed by atoms with van der Waals surface area (Å²) in [5.74, 6) is 0.294. The molecule has 1 aromatic carbocycles. The maximum absolute atomic E-state index is 12.8. The Morgan fingerprint density at radius 1 is 1.26 bits per heavy atom. The molecule has 0 aliphatic carbocycles. The van der Waals surface area contributed by atoms with Gasteiger partial charge in [-0.05, 0) is 30.5 Å². The Labute approximate surface area is 160 Å². The average molecular weight is 397 g/mol. The molecule has 150 valence electrons.